The fourth-order valence-electron chi connectivity index (χ4n) is 5.50. The molecule has 0 aromatic heterocycles. The smallest absolute Gasteiger partial charge is 0.245 e. The van der Waals surface area contributed by atoms with Crippen molar-refractivity contribution in [3.05, 3.63) is 35.9 Å². The summed E-state index contributed by atoms with van der Waals surface area (Å²) in [5.74, 6) is -9.18. The van der Waals surface area contributed by atoms with Crippen molar-refractivity contribution < 1.29 is 58.2 Å². The van der Waals surface area contributed by atoms with Crippen LogP contribution in [0.5, 0.6) is 0 Å². The number of carbonyl (C=O) groups is 10. The lowest BCUT2D eigenvalue weighted by Gasteiger charge is -2.28. The molecule has 0 unspecified atom stereocenters. The van der Waals surface area contributed by atoms with Crippen LogP contribution in [0.4, 0.5) is 0 Å². The van der Waals surface area contributed by atoms with Crippen molar-refractivity contribution in [2.75, 3.05) is 19.8 Å². The number of nitrogens with two attached hydrogens (primary N) is 2. The van der Waals surface area contributed by atoms with Crippen molar-refractivity contribution in [1.29, 1.82) is 0 Å². The number of carbonyl (C=O) groups excluding carboxylic acids is 10. The van der Waals surface area contributed by atoms with Crippen molar-refractivity contribution in [3.63, 3.8) is 0 Å². The summed E-state index contributed by atoms with van der Waals surface area (Å²) in [6.07, 6.45) is -0.652. The van der Waals surface area contributed by atoms with E-state index in [0.29, 0.717) is 5.56 Å². The van der Waals surface area contributed by atoms with Crippen molar-refractivity contribution in [2.24, 2.45) is 23.3 Å². The van der Waals surface area contributed by atoms with Crippen molar-refractivity contribution >= 4 is 59.1 Å². The molecule has 1 aromatic carbocycles. The van der Waals surface area contributed by atoms with Crippen LogP contribution in [0.25, 0.3) is 0 Å². The van der Waals surface area contributed by atoms with Crippen molar-refractivity contribution in [2.45, 2.75) is 110 Å². The van der Waals surface area contributed by atoms with Gasteiger partial charge in [-0.15, -0.1) is 0 Å². The Morgan fingerprint density at radius 3 is 1.65 bits per heavy atom. The molecule has 10 amide bonds. The molecule has 22 heteroatoms. The number of amides is 10. The molecule has 0 heterocycles. The standard InChI is InChI=1S/C38H60N10O12/c1-19(2)14-26(46-38(60)31(20(3)4)48-33(55)21(5)42-37(59)28(18-50)43-22(6)51)36(58)45-24(12-13-29(39)52)35(57)47-27(17-49)34(56)41-16-30(53)44-25(32(40)54)15-23-10-8-7-9-11-23/h7-11,19-21,24-28,31,49-50H,12-18H2,1-6H3,(H2,39,52)(H2,40,54)(H,41,56)(H,42,59)(H,43,51)(H,44,53)(H,45,58)(H,46,60)(H,47,57)(H,48,55)/t21-,24-,25-,26-,27-,28-,31-/m0/s1. The number of benzene rings is 1. The zero-order chi connectivity index (χ0) is 45.7. The second-order valence-electron chi connectivity index (χ2n) is 14.8. The molecule has 0 spiro atoms. The highest BCUT2D eigenvalue weighted by Crippen LogP contribution is 2.10. The lowest BCUT2D eigenvalue weighted by Crippen LogP contribution is -2.60. The van der Waals surface area contributed by atoms with Gasteiger partial charge in [0.25, 0.3) is 0 Å². The Morgan fingerprint density at radius 1 is 0.600 bits per heavy atom. The predicted octanol–water partition coefficient (Wildman–Crippen LogP) is -4.78. The maximum Gasteiger partial charge on any atom is 0.245 e. The third-order valence-corrected chi connectivity index (χ3v) is 8.73. The van der Waals surface area contributed by atoms with Gasteiger partial charge in [-0.05, 0) is 37.2 Å². The van der Waals surface area contributed by atoms with Gasteiger partial charge in [-0.1, -0.05) is 58.0 Å². The first-order valence-corrected chi connectivity index (χ1v) is 19.3. The molecule has 0 aliphatic carbocycles. The zero-order valence-corrected chi connectivity index (χ0v) is 34.7. The molecule has 0 saturated carbocycles. The molecule has 22 nitrogen and oxygen atoms in total. The van der Waals surface area contributed by atoms with Gasteiger partial charge in [-0.3, -0.25) is 47.9 Å². The summed E-state index contributed by atoms with van der Waals surface area (Å²) in [6.45, 7) is 6.80. The quantitative estimate of drug-likeness (QED) is 0.0418. The summed E-state index contributed by atoms with van der Waals surface area (Å²) in [4.78, 5) is 127. The van der Waals surface area contributed by atoms with Crippen LogP contribution in [0.15, 0.2) is 30.3 Å². The number of hydrogen-bond acceptors (Lipinski definition) is 12. The summed E-state index contributed by atoms with van der Waals surface area (Å²) in [7, 11) is 0. The lowest BCUT2D eigenvalue weighted by molar-refractivity contribution is -0.136. The van der Waals surface area contributed by atoms with E-state index in [2.05, 4.69) is 42.5 Å². The van der Waals surface area contributed by atoms with E-state index in [-0.39, 0.29) is 25.2 Å². The van der Waals surface area contributed by atoms with Gasteiger partial charge in [-0.2, -0.15) is 0 Å². The highest BCUT2D eigenvalue weighted by molar-refractivity contribution is 5.97. The predicted molar refractivity (Wildman–Crippen MR) is 214 cm³/mol. The van der Waals surface area contributed by atoms with E-state index >= 15 is 0 Å². The molecule has 0 aliphatic heterocycles. The van der Waals surface area contributed by atoms with Gasteiger partial charge >= 0.3 is 0 Å². The lowest BCUT2D eigenvalue weighted by atomic mass is 9.99. The first-order chi connectivity index (χ1) is 28.1. The monoisotopic (exact) mass is 848 g/mol. The minimum absolute atomic E-state index is 0.0321. The normalized spacial score (nSPS) is 14.4. The number of primary amides is 2. The molecular formula is C38H60N10O12. The topological polar surface area (TPSA) is 359 Å². The Bertz CT molecular complexity index is 1680. The van der Waals surface area contributed by atoms with Gasteiger partial charge < -0.3 is 64.2 Å². The van der Waals surface area contributed by atoms with Crippen LogP contribution in [-0.2, 0) is 54.4 Å². The molecule has 0 fully saturated rings. The Kier molecular flexibility index (Phi) is 22.5. The average molecular weight is 849 g/mol. The molecule has 334 valence electrons. The van der Waals surface area contributed by atoms with E-state index in [9.17, 15) is 58.2 Å². The van der Waals surface area contributed by atoms with Gasteiger partial charge in [0.15, 0.2) is 0 Å². The van der Waals surface area contributed by atoms with Crippen LogP contribution < -0.4 is 54.0 Å². The SMILES string of the molecule is CC(=O)N[C@@H](CO)C(=O)N[C@@H](C)C(=O)N[C@H](C(=O)N[C@@H](CC(C)C)C(=O)N[C@@H](CCC(N)=O)C(=O)N[C@@H](CO)C(=O)NCC(=O)N[C@@H](Cc1ccccc1)C(N)=O)C(C)C. The van der Waals surface area contributed by atoms with Crippen LogP contribution in [-0.4, -0.2) is 131 Å². The van der Waals surface area contributed by atoms with Crippen molar-refractivity contribution in [3.8, 4) is 0 Å². The van der Waals surface area contributed by atoms with E-state index in [0.717, 1.165) is 6.92 Å². The molecule has 14 N–H and O–H groups in total. The van der Waals surface area contributed by atoms with E-state index in [4.69, 9.17) is 11.5 Å². The third-order valence-electron chi connectivity index (χ3n) is 8.73. The first-order valence-electron chi connectivity index (χ1n) is 19.3. The number of aliphatic hydroxyl groups excluding tert-OH is 2. The zero-order valence-electron chi connectivity index (χ0n) is 34.7. The first kappa shape index (κ1) is 51.9. The molecule has 0 saturated heterocycles. The Morgan fingerprint density at radius 2 is 1.13 bits per heavy atom. The fourth-order valence-corrected chi connectivity index (χ4v) is 5.50. The van der Waals surface area contributed by atoms with Crippen LogP contribution in [0.1, 0.15) is 66.4 Å². The Hall–Kier alpha value is -6.16. The molecule has 0 bridgehead atoms. The largest absolute Gasteiger partial charge is 0.394 e. The summed E-state index contributed by atoms with van der Waals surface area (Å²) >= 11 is 0. The van der Waals surface area contributed by atoms with E-state index in [1.165, 1.54) is 6.92 Å². The summed E-state index contributed by atoms with van der Waals surface area (Å²) < 4.78 is 0. The molecule has 60 heavy (non-hydrogen) atoms. The molecule has 7 atom stereocenters. The average Bonchev–Trinajstić information content (AvgIpc) is 3.17. The van der Waals surface area contributed by atoms with Crippen LogP contribution in [0.3, 0.4) is 0 Å². The molecule has 0 aliphatic rings. The molecule has 1 aromatic rings. The molecule has 1 rings (SSSR count). The molecule has 0 radical (unpaired) electrons. The number of nitrogens with one attached hydrogen (secondary N) is 8. The Balaban J connectivity index is 3.07. The maximum atomic E-state index is 13.7. The summed E-state index contributed by atoms with van der Waals surface area (Å²) in [6, 6.07) is -0.688. The van der Waals surface area contributed by atoms with Crippen LogP contribution in [0, 0.1) is 11.8 Å². The highest BCUT2D eigenvalue weighted by atomic mass is 16.3. The second-order valence-corrected chi connectivity index (χ2v) is 14.8. The maximum absolute atomic E-state index is 13.7. The van der Waals surface area contributed by atoms with E-state index in [1.54, 1.807) is 58.0 Å². The van der Waals surface area contributed by atoms with Gasteiger partial charge in [-0.25, -0.2) is 0 Å². The third kappa shape index (κ3) is 19.1. The highest BCUT2D eigenvalue weighted by Gasteiger charge is 2.34. The summed E-state index contributed by atoms with van der Waals surface area (Å²) in [5, 5.41) is 38.4. The van der Waals surface area contributed by atoms with Gasteiger partial charge in [0, 0.05) is 19.8 Å². The number of rotatable bonds is 26. The van der Waals surface area contributed by atoms with E-state index in [1.807, 2.05) is 0 Å². The number of hydrogen-bond donors (Lipinski definition) is 12. The second kappa shape index (κ2) is 26.0. The minimum Gasteiger partial charge on any atom is -0.394 e. The molecular weight excluding hydrogens is 788 g/mol. The Labute approximate surface area is 347 Å². The van der Waals surface area contributed by atoms with Gasteiger partial charge in [0.05, 0.1) is 19.8 Å². The fraction of sp³-hybridized carbons (Fsp3) is 0.579. The van der Waals surface area contributed by atoms with Crippen LogP contribution in [0.2, 0.25) is 0 Å². The van der Waals surface area contributed by atoms with Gasteiger partial charge in [0.2, 0.25) is 59.1 Å². The van der Waals surface area contributed by atoms with Gasteiger partial charge in [0.1, 0.15) is 42.3 Å². The van der Waals surface area contributed by atoms with Crippen LogP contribution >= 0.6 is 0 Å². The van der Waals surface area contributed by atoms with Crippen molar-refractivity contribution in [1.82, 2.24) is 42.5 Å². The van der Waals surface area contributed by atoms with E-state index < -0.39 is 133 Å². The number of aliphatic hydroxyl groups is 2. The minimum atomic E-state index is -1.65. The summed E-state index contributed by atoms with van der Waals surface area (Å²) in [5.41, 5.74) is 11.4.